The van der Waals surface area contributed by atoms with Crippen molar-refractivity contribution in [1.82, 2.24) is 0 Å². The minimum Gasteiger partial charge on any atom is -0.480 e. The van der Waals surface area contributed by atoms with E-state index in [0.717, 1.165) is 0 Å². The molecule has 0 aromatic carbocycles. The van der Waals surface area contributed by atoms with E-state index in [4.69, 9.17) is 20.7 Å². The highest BCUT2D eigenvalue weighted by atomic mass is 16.5. The largest absolute Gasteiger partial charge is 0.480 e. The first-order valence-electron chi connectivity index (χ1n) is 3.80. The molecule has 0 bridgehead atoms. The molecule has 0 aromatic heterocycles. The van der Waals surface area contributed by atoms with Gasteiger partial charge < -0.3 is 20.7 Å². The molecule has 0 radical (unpaired) electrons. The SMILES string of the molecule is NC1(C(=O)O)CC(OCC(=O)O)C1. The van der Waals surface area contributed by atoms with E-state index < -0.39 is 24.1 Å². The molecule has 0 aliphatic heterocycles. The van der Waals surface area contributed by atoms with E-state index in [1.54, 1.807) is 0 Å². The summed E-state index contributed by atoms with van der Waals surface area (Å²) >= 11 is 0. The Morgan fingerprint density at radius 1 is 1.46 bits per heavy atom. The average Bonchev–Trinajstić information content (AvgIpc) is 1.95. The smallest absolute Gasteiger partial charge is 0.329 e. The number of hydrogen-bond acceptors (Lipinski definition) is 4. The van der Waals surface area contributed by atoms with E-state index in [1.165, 1.54) is 0 Å². The molecule has 0 heterocycles. The fourth-order valence-electron chi connectivity index (χ4n) is 1.23. The van der Waals surface area contributed by atoms with Crippen LogP contribution in [0.1, 0.15) is 12.8 Å². The molecule has 0 saturated heterocycles. The summed E-state index contributed by atoms with van der Waals surface area (Å²) < 4.78 is 4.84. The number of carboxylic acid groups (broad SMARTS) is 2. The maximum Gasteiger partial charge on any atom is 0.329 e. The highest BCUT2D eigenvalue weighted by molar-refractivity contribution is 5.80. The Hall–Kier alpha value is -1.14. The third-order valence-corrected chi connectivity index (χ3v) is 2.05. The van der Waals surface area contributed by atoms with Gasteiger partial charge in [0.05, 0.1) is 6.10 Å². The van der Waals surface area contributed by atoms with Gasteiger partial charge in [0.25, 0.3) is 0 Å². The second kappa shape index (κ2) is 3.31. The maximum atomic E-state index is 10.5. The molecule has 13 heavy (non-hydrogen) atoms. The molecule has 1 aliphatic rings. The zero-order valence-electron chi connectivity index (χ0n) is 6.90. The third kappa shape index (κ3) is 2.16. The van der Waals surface area contributed by atoms with E-state index >= 15 is 0 Å². The van der Waals surface area contributed by atoms with Crippen LogP contribution in [0.2, 0.25) is 0 Å². The second-order valence-corrected chi connectivity index (χ2v) is 3.20. The average molecular weight is 189 g/mol. The maximum absolute atomic E-state index is 10.5. The van der Waals surface area contributed by atoms with Gasteiger partial charge in [-0.2, -0.15) is 0 Å². The van der Waals surface area contributed by atoms with Crippen LogP contribution in [0.5, 0.6) is 0 Å². The Bertz CT molecular complexity index is 233. The van der Waals surface area contributed by atoms with Crippen molar-refractivity contribution in [3.63, 3.8) is 0 Å². The van der Waals surface area contributed by atoms with Gasteiger partial charge >= 0.3 is 11.9 Å². The molecule has 0 spiro atoms. The van der Waals surface area contributed by atoms with Gasteiger partial charge in [-0.3, -0.25) is 4.79 Å². The van der Waals surface area contributed by atoms with Crippen molar-refractivity contribution >= 4 is 11.9 Å². The van der Waals surface area contributed by atoms with Crippen LogP contribution in [-0.2, 0) is 14.3 Å². The van der Waals surface area contributed by atoms with Crippen molar-refractivity contribution in [2.75, 3.05) is 6.61 Å². The Labute approximate surface area is 74.3 Å². The van der Waals surface area contributed by atoms with Crippen molar-refractivity contribution in [2.24, 2.45) is 5.73 Å². The predicted octanol–water partition coefficient (Wildman–Crippen LogP) is -0.968. The van der Waals surface area contributed by atoms with Crippen molar-refractivity contribution in [3.05, 3.63) is 0 Å². The molecule has 6 heteroatoms. The minimum absolute atomic E-state index is 0.176. The quantitative estimate of drug-likeness (QED) is 0.525. The van der Waals surface area contributed by atoms with Crippen molar-refractivity contribution < 1.29 is 24.5 Å². The molecular weight excluding hydrogens is 178 g/mol. The van der Waals surface area contributed by atoms with Crippen LogP contribution in [0.4, 0.5) is 0 Å². The Morgan fingerprint density at radius 3 is 2.38 bits per heavy atom. The highest BCUT2D eigenvalue weighted by Crippen LogP contribution is 2.32. The highest BCUT2D eigenvalue weighted by Gasteiger charge is 2.48. The zero-order chi connectivity index (χ0) is 10.1. The lowest BCUT2D eigenvalue weighted by Gasteiger charge is -2.40. The molecule has 1 fully saturated rings. The van der Waals surface area contributed by atoms with E-state index in [-0.39, 0.29) is 18.9 Å². The van der Waals surface area contributed by atoms with Crippen molar-refractivity contribution in [2.45, 2.75) is 24.5 Å². The van der Waals surface area contributed by atoms with E-state index in [1.807, 2.05) is 0 Å². The number of aliphatic carboxylic acids is 2. The summed E-state index contributed by atoms with van der Waals surface area (Å²) in [6.07, 6.45) is 0.0165. The van der Waals surface area contributed by atoms with Gasteiger partial charge in [0, 0.05) is 12.8 Å². The summed E-state index contributed by atoms with van der Waals surface area (Å²) in [7, 11) is 0. The molecule has 0 amide bonds. The van der Waals surface area contributed by atoms with Gasteiger partial charge in [0.15, 0.2) is 0 Å². The van der Waals surface area contributed by atoms with E-state index in [0.29, 0.717) is 0 Å². The Balaban J connectivity index is 2.25. The van der Waals surface area contributed by atoms with Crippen LogP contribution in [0.3, 0.4) is 0 Å². The third-order valence-electron chi connectivity index (χ3n) is 2.05. The Kier molecular flexibility index (Phi) is 2.53. The monoisotopic (exact) mass is 189 g/mol. The van der Waals surface area contributed by atoms with Gasteiger partial charge in [-0.15, -0.1) is 0 Å². The summed E-state index contributed by atoms with van der Waals surface area (Å²) in [5.74, 6) is -2.13. The standard InChI is InChI=1S/C7H11NO5/c8-7(6(11)12)1-4(2-7)13-3-5(9)10/h4H,1-3,8H2,(H,9,10)(H,11,12). The fraction of sp³-hybridized carbons (Fsp3) is 0.714. The summed E-state index contributed by atoms with van der Waals surface area (Å²) in [5, 5.41) is 16.8. The van der Waals surface area contributed by atoms with Gasteiger partial charge in [-0.05, 0) is 0 Å². The first-order chi connectivity index (χ1) is 5.94. The molecular formula is C7H11NO5. The summed E-state index contributed by atoms with van der Waals surface area (Å²) in [6.45, 7) is -0.402. The first kappa shape index (κ1) is 9.94. The van der Waals surface area contributed by atoms with Crippen molar-refractivity contribution in [1.29, 1.82) is 0 Å². The lowest BCUT2D eigenvalue weighted by Crippen LogP contribution is -2.60. The molecule has 4 N–H and O–H groups in total. The lowest BCUT2D eigenvalue weighted by atomic mass is 9.75. The fourth-order valence-corrected chi connectivity index (χ4v) is 1.23. The number of ether oxygens (including phenoxy) is 1. The number of hydrogen-bond donors (Lipinski definition) is 3. The number of nitrogens with two attached hydrogens (primary N) is 1. The van der Waals surface area contributed by atoms with Crippen molar-refractivity contribution in [3.8, 4) is 0 Å². The topological polar surface area (TPSA) is 110 Å². The van der Waals surface area contributed by atoms with Crippen LogP contribution in [-0.4, -0.2) is 40.4 Å². The normalized spacial score (nSPS) is 32.2. The molecule has 74 valence electrons. The van der Waals surface area contributed by atoms with Crippen LogP contribution in [0.15, 0.2) is 0 Å². The molecule has 0 atom stereocenters. The van der Waals surface area contributed by atoms with Crippen LogP contribution in [0.25, 0.3) is 0 Å². The molecule has 1 saturated carbocycles. The lowest BCUT2D eigenvalue weighted by molar-refractivity contribution is -0.158. The zero-order valence-corrected chi connectivity index (χ0v) is 6.90. The summed E-state index contributed by atoms with van der Waals surface area (Å²) in [5.41, 5.74) is 4.20. The predicted molar refractivity (Wildman–Crippen MR) is 41.2 cm³/mol. The number of carbonyl (C=O) groups is 2. The molecule has 0 unspecified atom stereocenters. The van der Waals surface area contributed by atoms with Crippen LogP contribution >= 0.6 is 0 Å². The van der Waals surface area contributed by atoms with E-state index in [9.17, 15) is 9.59 Å². The van der Waals surface area contributed by atoms with Gasteiger partial charge in [-0.25, -0.2) is 4.79 Å². The second-order valence-electron chi connectivity index (χ2n) is 3.20. The van der Waals surface area contributed by atoms with Gasteiger partial charge in [0.1, 0.15) is 12.1 Å². The molecule has 0 aromatic rings. The first-order valence-corrected chi connectivity index (χ1v) is 3.80. The van der Waals surface area contributed by atoms with Crippen LogP contribution in [0, 0.1) is 0 Å². The molecule has 1 aliphatic carbocycles. The van der Waals surface area contributed by atoms with Crippen LogP contribution < -0.4 is 5.73 Å². The molecule has 1 rings (SSSR count). The molecule has 6 nitrogen and oxygen atoms in total. The van der Waals surface area contributed by atoms with Gasteiger partial charge in [-0.1, -0.05) is 0 Å². The van der Waals surface area contributed by atoms with Gasteiger partial charge in [0.2, 0.25) is 0 Å². The Morgan fingerprint density at radius 2 is 2.00 bits per heavy atom. The summed E-state index contributed by atoms with van der Waals surface area (Å²) in [6, 6.07) is 0. The minimum atomic E-state index is -1.22. The summed E-state index contributed by atoms with van der Waals surface area (Å²) in [4.78, 5) is 20.6. The van der Waals surface area contributed by atoms with E-state index in [2.05, 4.69) is 0 Å². The number of rotatable bonds is 4. The number of carboxylic acids is 2.